The molecule has 0 saturated carbocycles. The number of hydrogen-bond donors (Lipinski definition) is 0. The predicted octanol–water partition coefficient (Wildman–Crippen LogP) is 3.37. The van der Waals surface area contributed by atoms with E-state index >= 15 is 0 Å². The number of alkyl halides is 3. The summed E-state index contributed by atoms with van der Waals surface area (Å²) < 4.78 is 57.8. The first kappa shape index (κ1) is 23.8. The molecule has 2 heterocycles. The summed E-state index contributed by atoms with van der Waals surface area (Å²) in [5, 5.41) is 11.2. The highest BCUT2D eigenvalue weighted by molar-refractivity contribution is 5.95. The third-order valence-electron chi connectivity index (χ3n) is 4.81. The second-order valence-corrected chi connectivity index (χ2v) is 6.76. The first-order valence-electron chi connectivity index (χ1n) is 9.76. The van der Waals surface area contributed by atoms with Crippen LogP contribution in [0.1, 0.15) is 28.5 Å². The second kappa shape index (κ2) is 9.76. The van der Waals surface area contributed by atoms with Crippen molar-refractivity contribution < 1.29 is 32.2 Å². The van der Waals surface area contributed by atoms with Gasteiger partial charge in [-0.3, -0.25) is 4.79 Å². The molecule has 9 nitrogen and oxygen atoms in total. The van der Waals surface area contributed by atoms with Gasteiger partial charge in [0.15, 0.2) is 23.0 Å². The van der Waals surface area contributed by atoms with Gasteiger partial charge in [-0.2, -0.15) is 18.3 Å². The Kier molecular flexibility index (Phi) is 7.04. The Balaban J connectivity index is 1.97. The van der Waals surface area contributed by atoms with Crippen LogP contribution in [-0.4, -0.2) is 58.7 Å². The van der Waals surface area contributed by atoms with Crippen molar-refractivity contribution in [3.63, 3.8) is 0 Å². The molecule has 0 radical (unpaired) electrons. The SMILES string of the molecule is CCN(Cc1ccc(OC)c(OC)c1)C(=O)c1cnn(-c2ccc(OC)nn2)c1C(F)(F)F. The van der Waals surface area contributed by atoms with Crippen molar-refractivity contribution >= 4 is 5.91 Å². The van der Waals surface area contributed by atoms with Gasteiger partial charge in [0.05, 0.1) is 33.1 Å². The monoisotopic (exact) mass is 465 g/mol. The molecule has 0 aliphatic heterocycles. The van der Waals surface area contributed by atoms with Gasteiger partial charge in [-0.1, -0.05) is 6.07 Å². The molecule has 12 heteroatoms. The third kappa shape index (κ3) is 4.99. The van der Waals surface area contributed by atoms with E-state index in [1.54, 1.807) is 25.1 Å². The van der Waals surface area contributed by atoms with Crippen LogP contribution < -0.4 is 14.2 Å². The van der Waals surface area contributed by atoms with Crippen molar-refractivity contribution in [2.45, 2.75) is 19.6 Å². The molecule has 0 N–H and O–H groups in total. The Hall–Kier alpha value is -3.83. The quantitative estimate of drug-likeness (QED) is 0.504. The summed E-state index contributed by atoms with van der Waals surface area (Å²) in [7, 11) is 4.31. The zero-order chi connectivity index (χ0) is 24.2. The number of halogens is 3. The first-order chi connectivity index (χ1) is 15.7. The van der Waals surface area contributed by atoms with Gasteiger partial charge in [-0.05, 0) is 30.7 Å². The van der Waals surface area contributed by atoms with E-state index < -0.39 is 23.3 Å². The van der Waals surface area contributed by atoms with E-state index in [2.05, 4.69) is 15.3 Å². The first-order valence-corrected chi connectivity index (χ1v) is 9.76. The molecular weight excluding hydrogens is 443 g/mol. The Labute approximate surface area is 187 Å². The molecule has 3 rings (SSSR count). The topological polar surface area (TPSA) is 91.6 Å². The van der Waals surface area contributed by atoms with Crippen LogP contribution in [0.4, 0.5) is 13.2 Å². The molecule has 176 valence electrons. The molecule has 33 heavy (non-hydrogen) atoms. The summed E-state index contributed by atoms with van der Waals surface area (Å²) in [6, 6.07) is 7.65. The average Bonchev–Trinajstić information content (AvgIpc) is 3.28. The molecule has 3 aromatic rings. The van der Waals surface area contributed by atoms with Gasteiger partial charge in [0.1, 0.15) is 0 Å². The minimum Gasteiger partial charge on any atom is -0.493 e. The summed E-state index contributed by atoms with van der Waals surface area (Å²) in [5.74, 6) is 0.0394. The maximum atomic E-state index is 14.0. The zero-order valence-corrected chi connectivity index (χ0v) is 18.4. The fourth-order valence-electron chi connectivity index (χ4n) is 3.18. The number of ether oxygens (including phenoxy) is 3. The molecule has 0 unspecified atom stereocenters. The number of carbonyl (C=O) groups is 1. The molecule has 0 aliphatic carbocycles. The predicted molar refractivity (Wildman–Crippen MR) is 111 cm³/mol. The lowest BCUT2D eigenvalue weighted by Gasteiger charge is -2.22. The maximum Gasteiger partial charge on any atom is 0.434 e. The van der Waals surface area contributed by atoms with Crippen LogP contribution in [0.5, 0.6) is 17.4 Å². The van der Waals surface area contributed by atoms with Gasteiger partial charge >= 0.3 is 6.18 Å². The van der Waals surface area contributed by atoms with Gasteiger partial charge in [0, 0.05) is 19.2 Å². The lowest BCUT2D eigenvalue weighted by Crippen LogP contribution is -2.32. The Morgan fingerprint density at radius 2 is 1.76 bits per heavy atom. The highest BCUT2D eigenvalue weighted by Crippen LogP contribution is 2.34. The summed E-state index contributed by atoms with van der Waals surface area (Å²) >= 11 is 0. The summed E-state index contributed by atoms with van der Waals surface area (Å²) in [6.07, 6.45) is -3.99. The molecule has 1 aromatic carbocycles. The standard InChI is InChI=1S/C21H22F3N5O4/c1-5-28(12-13-6-7-15(31-2)16(10-13)32-3)20(30)14-11-25-29(19(14)21(22,23)24)17-8-9-18(33-4)27-26-17/h6-11H,5,12H2,1-4H3. The number of benzene rings is 1. The summed E-state index contributed by atoms with van der Waals surface area (Å²) in [5.41, 5.74) is -1.18. The van der Waals surface area contributed by atoms with Gasteiger partial charge in [0.25, 0.3) is 5.91 Å². The van der Waals surface area contributed by atoms with Crippen molar-refractivity contribution in [1.29, 1.82) is 0 Å². The van der Waals surface area contributed by atoms with Gasteiger partial charge in [-0.15, -0.1) is 10.2 Å². The lowest BCUT2D eigenvalue weighted by atomic mass is 10.1. The number of amides is 1. The fraction of sp³-hybridized carbons (Fsp3) is 0.333. The molecule has 0 bridgehead atoms. The average molecular weight is 465 g/mol. The Morgan fingerprint density at radius 1 is 1.03 bits per heavy atom. The molecule has 0 saturated heterocycles. The van der Waals surface area contributed by atoms with Crippen LogP contribution >= 0.6 is 0 Å². The van der Waals surface area contributed by atoms with Crippen LogP contribution in [-0.2, 0) is 12.7 Å². The smallest absolute Gasteiger partial charge is 0.434 e. The summed E-state index contributed by atoms with van der Waals surface area (Å²) in [4.78, 5) is 14.4. The van der Waals surface area contributed by atoms with Crippen LogP contribution in [0.2, 0.25) is 0 Å². The van der Waals surface area contributed by atoms with E-state index in [9.17, 15) is 18.0 Å². The Morgan fingerprint density at radius 3 is 2.30 bits per heavy atom. The lowest BCUT2D eigenvalue weighted by molar-refractivity contribution is -0.143. The van der Waals surface area contributed by atoms with Crippen LogP contribution in [0, 0.1) is 0 Å². The molecule has 0 atom stereocenters. The van der Waals surface area contributed by atoms with E-state index in [0.717, 1.165) is 6.20 Å². The number of hydrogen-bond acceptors (Lipinski definition) is 7. The van der Waals surface area contributed by atoms with Crippen molar-refractivity contribution in [2.24, 2.45) is 0 Å². The van der Waals surface area contributed by atoms with Gasteiger partial charge in [-0.25, -0.2) is 4.68 Å². The minimum atomic E-state index is -4.87. The number of rotatable bonds is 8. The van der Waals surface area contributed by atoms with E-state index in [-0.39, 0.29) is 24.8 Å². The van der Waals surface area contributed by atoms with Gasteiger partial charge in [0.2, 0.25) is 5.88 Å². The molecule has 0 spiro atoms. The van der Waals surface area contributed by atoms with Crippen molar-refractivity contribution in [3.05, 3.63) is 53.3 Å². The highest BCUT2D eigenvalue weighted by Gasteiger charge is 2.41. The van der Waals surface area contributed by atoms with Crippen LogP contribution in [0.15, 0.2) is 36.5 Å². The van der Waals surface area contributed by atoms with E-state index in [1.807, 2.05) is 0 Å². The zero-order valence-electron chi connectivity index (χ0n) is 18.4. The molecule has 1 amide bonds. The van der Waals surface area contributed by atoms with Crippen molar-refractivity contribution in [1.82, 2.24) is 24.9 Å². The van der Waals surface area contributed by atoms with Gasteiger partial charge < -0.3 is 19.1 Å². The van der Waals surface area contributed by atoms with Crippen molar-refractivity contribution in [3.8, 4) is 23.2 Å². The largest absolute Gasteiger partial charge is 0.493 e. The number of nitrogens with zero attached hydrogens (tertiary/aromatic N) is 5. The second-order valence-electron chi connectivity index (χ2n) is 6.76. The van der Waals surface area contributed by atoms with E-state index in [1.165, 1.54) is 38.4 Å². The Bertz CT molecular complexity index is 1120. The number of methoxy groups -OCH3 is 3. The molecule has 0 aliphatic rings. The molecule has 2 aromatic heterocycles. The van der Waals surface area contributed by atoms with Crippen molar-refractivity contribution in [2.75, 3.05) is 27.9 Å². The third-order valence-corrected chi connectivity index (χ3v) is 4.81. The minimum absolute atomic E-state index is 0.0561. The van der Waals surface area contributed by atoms with E-state index in [4.69, 9.17) is 14.2 Å². The van der Waals surface area contributed by atoms with E-state index in [0.29, 0.717) is 21.7 Å². The normalized spacial score (nSPS) is 11.2. The summed E-state index contributed by atoms with van der Waals surface area (Å²) in [6.45, 7) is 1.89. The molecular formula is C21H22F3N5O4. The maximum absolute atomic E-state index is 14.0. The number of aromatic nitrogens is 4. The highest BCUT2D eigenvalue weighted by atomic mass is 19.4. The van der Waals surface area contributed by atoms with Crippen LogP contribution in [0.3, 0.4) is 0 Å². The fourth-order valence-corrected chi connectivity index (χ4v) is 3.18. The van der Waals surface area contributed by atoms with Crippen LogP contribution in [0.25, 0.3) is 5.82 Å². The number of carbonyl (C=O) groups excluding carboxylic acids is 1. The molecule has 0 fully saturated rings.